The molecule has 0 rings (SSSR count). The van der Waals surface area contributed by atoms with Crippen LogP contribution in [0.2, 0.25) is 0 Å². The van der Waals surface area contributed by atoms with E-state index in [0.717, 1.165) is 83.5 Å². The van der Waals surface area contributed by atoms with E-state index in [1.54, 1.807) is 6.08 Å². The maximum atomic E-state index is 12.9. The molecule has 8 nitrogen and oxygen atoms in total. The highest BCUT2D eigenvalue weighted by Gasteiger charge is 2.23. The molecule has 3 unspecified atom stereocenters. The third kappa shape index (κ3) is 53.1. The van der Waals surface area contributed by atoms with Gasteiger partial charge in [0, 0.05) is 6.42 Å². The zero-order chi connectivity index (χ0) is 50.6. The zero-order valence-corrected chi connectivity index (χ0v) is 46.1. The molecule has 0 aliphatic rings. The lowest BCUT2D eigenvalue weighted by Gasteiger charge is -2.29. The highest BCUT2D eigenvalue weighted by Crippen LogP contribution is 2.38. The third-order valence-corrected chi connectivity index (χ3v) is 13.0. The van der Waals surface area contributed by atoms with E-state index in [1.807, 2.05) is 27.2 Å². The Hall–Kier alpha value is -2.58. The number of hydrogen-bond acceptors (Lipinski definition) is 6. The minimum atomic E-state index is -4.60. The van der Waals surface area contributed by atoms with Gasteiger partial charge in [0.05, 0.1) is 39.9 Å². The summed E-state index contributed by atoms with van der Waals surface area (Å²) < 4.78 is 23.3. The number of phosphoric acid groups is 1. The van der Waals surface area contributed by atoms with E-state index < -0.39 is 20.0 Å². The minimum absolute atomic E-state index is 0.00456. The molecule has 0 fully saturated rings. The number of aliphatic hydroxyl groups excluding tert-OH is 1. The van der Waals surface area contributed by atoms with Crippen molar-refractivity contribution < 1.29 is 32.9 Å². The van der Waals surface area contributed by atoms with Crippen LogP contribution < -0.4 is 10.2 Å². The Morgan fingerprint density at radius 1 is 0.522 bits per heavy atom. The number of nitrogens with one attached hydrogen (secondary N) is 1. The molecular weight excluding hydrogens is 876 g/mol. The maximum Gasteiger partial charge on any atom is 0.268 e. The van der Waals surface area contributed by atoms with Gasteiger partial charge < -0.3 is 28.8 Å². The van der Waals surface area contributed by atoms with Crippen LogP contribution in [0.15, 0.2) is 97.2 Å². The highest BCUT2D eigenvalue weighted by atomic mass is 31.2. The Morgan fingerprint density at radius 3 is 1.29 bits per heavy atom. The van der Waals surface area contributed by atoms with Crippen molar-refractivity contribution in [3.05, 3.63) is 97.2 Å². The van der Waals surface area contributed by atoms with Gasteiger partial charge in [-0.3, -0.25) is 9.36 Å². The van der Waals surface area contributed by atoms with Crippen LogP contribution >= 0.6 is 7.82 Å². The average molecular weight is 983 g/mol. The van der Waals surface area contributed by atoms with Gasteiger partial charge in [0.25, 0.3) is 7.82 Å². The number of likely N-dealkylation sites (N-methyl/N-ethyl adjacent to an activating group) is 1. The van der Waals surface area contributed by atoms with Crippen LogP contribution in [0.4, 0.5) is 0 Å². The zero-order valence-electron chi connectivity index (χ0n) is 45.2. The van der Waals surface area contributed by atoms with Crippen molar-refractivity contribution in [1.29, 1.82) is 0 Å². The van der Waals surface area contributed by atoms with Crippen molar-refractivity contribution in [2.24, 2.45) is 0 Å². The van der Waals surface area contributed by atoms with Crippen molar-refractivity contribution in [1.82, 2.24) is 5.32 Å². The molecule has 69 heavy (non-hydrogen) atoms. The summed E-state index contributed by atoms with van der Waals surface area (Å²) in [5.41, 5.74) is 0. The van der Waals surface area contributed by atoms with Crippen molar-refractivity contribution >= 4 is 13.7 Å². The molecule has 9 heteroatoms. The Labute approximate surface area is 426 Å². The molecule has 0 aromatic carbocycles. The van der Waals surface area contributed by atoms with Crippen molar-refractivity contribution in [2.45, 2.75) is 238 Å². The number of nitrogens with zero attached hydrogens (tertiary/aromatic N) is 1. The lowest BCUT2D eigenvalue weighted by atomic mass is 10.0. The molecule has 0 saturated carbocycles. The fourth-order valence-electron chi connectivity index (χ4n) is 7.66. The molecule has 0 spiro atoms. The normalized spacial score (nSPS) is 14.7. The number of amides is 1. The van der Waals surface area contributed by atoms with Crippen LogP contribution in [0.25, 0.3) is 0 Å². The molecule has 2 N–H and O–H groups in total. The summed E-state index contributed by atoms with van der Waals surface area (Å²) in [5, 5.41) is 13.8. The number of aliphatic hydroxyl groups is 1. The average Bonchev–Trinajstić information content (AvgIpc) is 3.31. The van der Waals surface area contributed by atoms with Gasteiger partial charge in [0.15, 0.2) is 0 Å². The van der Waals surface area contributed by atoms with Crippen LogP contribution in [0.3, 0.4) is 0 Å². The number of rotatable bonds is 50. The van der Waals surface area contributed by atoms with E-state index in [9.17, 15) is 19.4 Å². The van der Waals surface area contributed by atoms with Gasteiger partial charge in [-0.25, -0.2) is 0 Å². The molecular formula is C60H107N2O6P. The molecule has 0 heterocycles. The van der Waals surface area contributed by atoms with Crippen LogP contribution in [-0.2, 0) is 18.4 Å². The molecule has 0 bridgehead atoms. The van der Waals surface area contributed by atoms with Gasteiger partial charge in [-0.1, -0.05) is 239 Å². The Balaban J connectivity index is 4.07. The number of carbonyl (C=O) groups excluding carboxylic acids is 1. The SMILES string of the molecule is CC/C=C\C/C=C\C/C=C\C/C=C\C/C=C\C/C=C\C/C=C\CCCCCCCCCCCCCCCC(=O)NC(COP(=O)([O-])OCC[N+](C)(C)C)C(O)/C=C/CCCCCCCCCCCC. The van der Waals surface area contributed by atoms with Crippen LogP contribution in [0.1, 0.15) is 226 Å². The smallest absolute Gasteiger partial charge is 0.268 e. The van der Waals surface area contributed by atoms with Gasteiger partial charge in [0.1, 0.15) is 13.2 Å². The second-order valence-corrected chi connectivity index (χ2v) is 21.3. The summed E-state index contributed by atoms with van der Waals surface area (Å²) in [6.45, 7) is 4.52. The van der Waals surface area contributed by atoms with E-state index in [1.165, 1.54) is 122 Å². The second kappa shape index (κ2) is 50.4. The predicted molar refractivity (Wildman–Crippen MR) is 297 cm³/mol. The van der Waals surface area contributed by atoms with Crippen LogP contribution in [-0.4, -0.2) is 68.5 Å². The van der Waals surface area contributed by atoms with Crippen LogP contribution in [0, 0.1) is 0 Å². The van der Waals surface area contributed by atoms with E-state index >= 15 is 0 Å². The fourth-order valence-corrected chi connectivity index (χ4v) is 8.39. The van der Waals surface area contributed by atoms with Crippen molar-refractivity contribution in [3.8, 4) is 0 Å². The molecule has 0 saturated heterocycles. The van der Waals surface area contributed by atoms with Gasteiger partial charge in [-0.05, 0) is 77.0 Å². The van der Waals surface area contributed by atoms with E-state index in [0.29, 0.717) is 17.4 Å². The van der Waals surface area contributed by atoms with E-state index in [2.05, 4.69) is 104 Å². The van der Waals surface area contributed by atoms with Gasteiger partial charge in [-0.15, -0.1) is 0 Å². The van der Waals surface area contributed by atoms with Crippen molar-refractivity contribution in [2.75, 3.05) is 40.9 Å². The highest BCUT2D eigenvalue weighted by molar-refractivity contribution is 7.45. The number of phosphoric ester groups is 1. The van der Waals surface area contributed by atoms with Gasteiger partial charge >= 0.3 is 0 Å². The minimum Gasteiger partial charge on any atom is -0.756 e. The molecule has 3 atom stereocenters. The lowest BCUT2D eigenvalue weighted by molar-refractivity contribution is -0.870. The predicted octanol–water partition coefficient (Wildman–Crippen LogP) is 16.4. The molecule has 0 aromatic rings. The third-order valence-electron chi connectivity index (χ3n) is 12.0. The number of quaternary nitrogens is 1. The first kappa shape index (κ1) is 66.4. The largest absolute Gasteiger partial charge is 0.756 e. The standard InChI is InChI=1S/C60H107N2O6P/c1-6-8-10-12-14-16-18-20-21-22-23-24-25-26-27-28-29-30-31-32-33-34-35-36-37-38-39-40-41-42-44-46-48-50-52-54-60(64)61-58(57-68-69(65,66)67-56-55-62(3,4)5)59(63)53-51-49-47-45-43-19-17-15-13-11-9-7-2/h8,10,14,16,20-21,23-24,26-27,29-30,32-33,51,53,58-59,63H,6-7,9,11-13,15,17-19,22,25,28,31,34-50,52,54-57H2,1-5H3,(H-,61,64,65,66)/b10-8-,16-14-,21-20-,24-23-,27-26-,30-29-,33-32-,53-51+. The monoisotopic (exact) mass is 983 g/mol. The van der Waals surface area contributed by atoms with E-state index in [-0.39, 0.29) is 19.1 Å². The summed E-state index contributed by atoms with van der Waals surface area (Å²) in [5.74, 6) is -0.203. The number of carbonyl (C=O) groups is 1. The Morgan fingerprint density at radius 2 is 0.884 bits per heavy atom. The Kier molecular flexibility index (Phi) is 48.5. The maximum absolute atomic E-state index is 12.9. The second-order valence-electron chi connectivity index (χ2n) is 19.9. The first-order valence-corrected chi connectivity index (χ1v) is 29.6. The number of allylic oxidation sites excluding steroid dienone is 15. The fraction of sp³-hybridized carbons (Fsp3) is 0.717. The molecule has 0 aromatic heterocycles. The summed E-state index contributed by atoms with van der Waals surface area (Å²) in [7, 11) is 1.25. The van der Waals surface area contributed by atoms with Crippen molar-refractivity contribution in [3.63, 3.8) is 0 Å². The quantitative estimate of drug-likeness (QED) is 0.0272. The molecule has 0 radical (unpaired) electrons. The Bertz CT molecular complexity index is 1440. The summed E-state index contributed by atoms with van der Waals surface area (Å²) in [4.78, 5) is 25.4. The molecule has 398 valence electrons. The number of unbranched alkanes of at least 4 members (excludes halogenated alkanes) is 23. The van der Waals surface area contributed by atoms with Gasteiger partial charge in [-0.2, -0.15) is 0 Å². The number of hydrogen-bond donors (Lipinski definition) is 2. The first-order chi connectivity index (χ1) is 33.5. The summed E-state index contributed by atoms with van der Waals surface area (Å²) in [6, 6.07) is -0.891. The van der Waals surface area contributed by atoms with E-state index in [4.69, 9.17) is 9.05 Å². The first-order valence-electron chi connectivity index (χ1n) is 28.1. The topological polar surface area (TPSA) is 108 Å². The molecule has 1 amide bonds. The summed E-state index contributed by atoms with van der Waals surface area (Å²) >= 11 is 0. The molecule has 0 aliphatic heterocycles. The van der Waals surface area contributed by atoms with Crippen LogP contribution in [0.5, 0.6) is 0 Å². The lowest BCUT2D eigenvalue weighted by Crippen LogP contribution is -2.45. The molecule has 0 aliphatic carbocycles. The van der Waals surface area contributed by atoms with Gasteiger partial charge in [0.2, 0.25) is 5.91 Å². The summed E-state index contributed by atoms with van der Waals surface area (Å²) in [6.07, 6.45) is 72.0.